The number of ether oxygens (including phenoxy) is 2. The van der Waals surface area contributed by atoms with Gasteiger partial charge in [-0.05, 0) is 17.7 Å². The number of methoxy groups -OCH3 is 2. The highest BCUT2D eigenvalue weighted by molar-refractivity contribution is 6.31. The van der Waals surface area contributed by atoms with E-state index in [9.17, 15) is 14.9 Å². The Hall–Kier alpha value is -3.33. The second-order valence-corrected chi connectivity index (χ2v) is 6.02. The van der Waals surface area contributed by atoms with Crippen molar-refractivity contribution < 1.29 is 19.2 Å². The number of carbonyl (C=O) groups is 1. The molecule has 1 amide bonds. The topological polar surface area (TPSA) is 129 Å². The number of rotatable bonds is 7. The van der Waals surface area contributed by atoms with Crippen LogP contribution in [0, 0.1) is 10.1 Å². The van der Waals surface area contributed by atoms with Gasteiger partial charge in [-0.1, -0.05) is 29.8 Å². The van der Waals surface area contributed by atoms with Crippen LogP contribution in [0.3, 0.4) is 0 Å². The average Bonchev–Trinajstić information content (AvgIpc) is 2.66. The van der Waals surface area contributed by atoms with Crippen LogP contribution in [0.5, 0.6) is 11.5 Å². The summed E-state index contributed by atoms with van der Waals surface area (Å²) in [6.45, 7) is 0.183. The predicted octanol–water partition coefficient (Wildman–Crippen LogP) is 2.44. The maximum atomic E-state index is 12.2. The Kier molecular flexibility index (Phi) is 7.16. The van der Waals surface area contributed by atoms with Crippen molar-refractivity contribution >= 4 is 29.2 Å². The van der Waals surface area contributed by atoms with Gasteiger partial charge in [-0.15, -0.1) is 0 Å². The highest BCUT2D eigenvalue weighted by atomic mass is 35.5. The van der Waals surface area contributed by atoms with Crippen molar-refractivity contribution in [2.24, 2.45) is 10.7 Å². The quantitative estimate of drug-likeness (QED) is 0.314. The number of hydrogen-bond donors (Lipinski definition) is 2. The van der Waals surface area contributed by atoms with Crippen molar-refractivity contribution in [1.29, 1.82) is 0 Å². The van der Waals surface area contributed by atoms with E-state index in [1.165, 1.54) is 26.4 Å². The van der Waals surface area contributed by atoms with Crippen LogP contribution in [0.25, 0.3) is 0 Å². The Bertz CT molecular complexity index is 917. The number of amides is 1. The summed E-state index contributed by atoms with van der Waals surface area (Å²) in [5, 5.41) is 14.2. The molecule has 3 N–H and O–H groups in total. The molecule has 2 aromatic rings. The lowest BCUT2D eigenvalue weighted by atomic mass is 10.1. The fraction of sp³-hybridized carbons (Fsp3) is 0.222. The van der Waals surface area contributed by atoms with Gasteiger partial charge in [0.25, 0.3) is 5.69 Å². The molecule has 0 saturated heterocycles. The maximum absolute atomic E-state index is 12.2. The summed E-state index contributed by atoms with van der Waals surface area (Å²) < 4.78 is 10.2. The smallest absolute Gasteiger partial charge is 0.277 e. The van der Waals surface area contributed by atoms with Crippen LogP contribution in [-0.2, 0) is 17.8 Å². The first-order valence-electron chi connectivity index (χ1n) is 8.08. The molecule has 0 atom stereocenters. The van der Waals surface area contributed by atoms with Crippen LogP contribution in [0.4, 0.5) is 5.69 Å². The van der Waals surface area contributed by atoms with E-state index in [1.807, 2.05) is 6.07 Å². The van der Waals surface area contributed by atoms with E-state index in [-0.39, 0.29) is 41.7 Å². The number of benzene rings is 2. The van der Waals surface area contributed by atoms with Crippen molar-refractivity contribution in [3.63, 3.8) is 0 Å². The van der Waals surface area contributed by atoms with Crippen molar-refractivity contribution in [1.82, 2.24) is 5.32 Å². The molecule has 0 radical (unpaired) electrons. The molecule has 0 fully saturated rings. The van der Waals surface area contributed by atoms with Crippen LogP contribution in [0.15, 0.2) is 41.4 Å². The second-order valence-electron chi connectivity index (χ2n) is 5.61. The molecule has 2 aromatic carbocycles. The number of halogens is 1. The summed E-state index contributed by atoms with van der Waals surface area (Å²) >= 11 is 6.04. The molecule has 0 aliphatic rings. The third kappa shape index (κ3) is 5.34. The lowest BCUT2D eigenvalue weighted by Crippen LogP contribution is -2.37. The number of aliphatic imine (C=N–C) groups is 1. The number of carbonyl (C=O) groups excluding carboxylic acids is 1. The predicted molar refractivity (Wildman–Crippen MR) is 105 cm³/mol. The van der Waals surface area contributed by atoms with E-state index in [1.54, 1.807) is 18.2 Å². The van der Waals surface area contributed by atoms with Gasteiger partial charge in [-0.2, -0.15) is 0 Å². The minimum atomic E-state index is -0.598. The summed E-state index contributed by atoms with van der Waals surface area (Å²) in [6.07, 6.45) is -0.293. The number of nitrogens with one attached hydrogen (secondary N) is 1. The van der Waals surface area contributed by atoms with Crippen LogP contribution in [0.2, 0.25) is 5.02 Å². The largest absolute Gasteiger partial charge is 0.493 e. The molecular formula is C18H19ClN4O5. The molecule has 9 nitrogen and oxygen atoms in total. The zero-order valence-electron chi connectivity index (χ0n) is 15.3. The third-order valence-electron chi connectivity index (χ3n) is 3.78. The van der Waals surface area contributed by atoms with Gasteiger partial charge >= 0.3 is 0 Å². The minimum Gasteiger partial charge on any atom is -0.493 e. The number of guanidine groups is 1. The zero-order valence-corrected chi connectivity index (χ0v) is 16.0. The highest BCUT2D eigenvalue weighted by Crippen LogP contribution is 2.34. The summed E-state index contributed by atoms with van der Waals surface area (Å²) in [5.74, 6) is -0.209. The van der Waals surface area contributed by atoms with Crippen molar-refractivity contribution in [2.45, 2.75) is 13.0 Å². The molecule has 28 heavy (non-hydrogen) atoms. The van der Waals surface area contributed by atoms with E-state index >= 15 is 0 Å². The first kappa shape index (κ1) is 21.0. The Morgan fingerprint density at radius 2 is 1.86 bits per heavy atom. The van der Waals surface area contributed by atoms with E-state index in [2.05, 4.69) is 10.3 Å². The normalized spacial score (nSPS) is 11.0. The summed E-state index contributed by atoms with van der Waals surface area (Å²) in [7, 11) is 2.76. The van der Waals surface area contributed by atoms with Crippen molar-refractivity contribution in [2.75, 3.05) is 14.2 Å². The molecule has 0 saturated carbocycles. The average molecular weight is 407 g/mol. The lowest BCUT2D eigenvalue weighted by molar-refractivity contribution is -0.385. The van der Waals surface area contributed by atoms with E-state index in [4.69, 9.17) is 26.8 Å². The molecule has 0 aliphatic heterocycles. The second kappa shape index (κ2) is 9.56. The Labute approximate surface area is 166 Å². The Morgan fingerprint density at radius 3 is 2.46 bits per heavy atom. The van der Waals surface area contributed by atoms with Gasteiger partial charge in [0.05, 0.1) is 38.2 Å². The number of hydrogen-bond acceptors (Lipinski definition) is 6. The summed E-state index contributed by atoms with van der Waals surface area (Å²) in [4.78, 5) is 27.0. The Morgan fingerprint density at radius 1 is 1.21 bits per heavy atom. The monoisotopic (exact) mass is 406 g/mol. The SMILES string of the molecule is COc1cc(CC(=O)NC(N)=NCc2ccccc2Cl)c([N+](=O)[O-])cc1OC. The van der Waals surface area contributed by atoms with Crippen molar-refractivity contribution in [3.05, 3.63) is 62.7 Å². The molecular weight excluding hydrogens is 388 g/mol. The van der Waals surface area contributed by atoms with Gasteiger partial charge in [-0.3, -0.25) is 20.2 Å². The van der Waals surface area contributed by atoms with Crippen LogP contribution in [-0.4, -0.2) is 31.0 Å². The fourth-order valence-electron chi connectivity index (χ4n) is 2.42. The van der Waals surface area contributed by atoms with Gasteiger partial charge in [0, 0.05) is 10.6 Å². The van der Waals surface area contributed by atoms with Gasteiger partial charge in [0.15, 0.2) is 17.5 Å². The summed E-state index contributed by atoms with van der Waals surface area (Å²) in [5.41, 5.74) is 6.36. The Balaban J connectivity index is 2.12. The van der Waals surface area contributed by atoms with Crippen LogP contribution >= 0.6 is 11.6 Å². The first-order valence-corrected chi connectivity index (χ1v) is 8.46. The van der Waals surface area contributed by atoms with Gasteiger partial charge in [0.2, 0.25) is 5.91 Å². The molecule has 0 heterocycles. The van der Waals surface area contributed by atoms with E-state index < -0.39 is 10.8 Å². The molecule has 2 rings (SSSR count). The standard InChI is InChI=1S/C18H19ClN4O5/c1-27-15-7-12(14(23(25)26)9-16(15)28-2)8-17(24)22-18(20)21-10-11-5-3-4-6-13(11)19/h3-7,9H,8,10H2,1-2H3,(H3,20,21,22,24). The molecule has 0 unspecified atom stereocenters. The zero-order chi connectivity index (χ0) is 20.7. The van der Waals surface area contributed by atoms with Crippen LogP contribution in [0.1, 0.15) is 11.1 Å². The maximum Gasteiger partial charge on any atom is 0.277 e. The van der Waals surface area contributed by atoms with Gasteiger partial charge < -0.3 is 15.2 Å². The third-order valence-corrected chi connectivity index (χ3v) is 4.15. The molecule has 148 valence electrons. The number of nitrogens with zero attached hydrogens (tertiary/aromatic N) is 2. The minimum absolute atomic E-state index is 0.118. The number of nitro benzene ring substituents is 1. The fourth-order valence-corrected chi connectivity index (χ4v) is 2.61. The van der Waals surface area contributed by atoms with Crippen LogP contribution < -0.4 is 20.5 Å². The lowest BCUT2D eigenvalue weighted by Gasteiger charge is -2.11. The highest BCUT2D eigenvalue weighted by Gasteiger charge is 2.21. The number of nitro groups is 1. The molecule has 0 spiro atoms. The van der Waals surface area contributed by atoms with Gasteiger partial charge in [0.1, 0.15) is 0 Å². The van der Waals surface area contributed by atoms with Gasteiger partial charge in [-0.25, -0.2) is 4.99 Å². The molecule has 0 aromatic heterocycles. The number of nitrogens with two attached hydrogens (primary N) is 1. The molecule has 0 aliphatic carbocycles. The molecule has 0 bridgehead atoms. The summed E-state index contributed by atoms with van der Waals surface area (Å²) in [6, 6.07) is 9.69. The van der Waals surface area contributed by atoms with E-state index in [0.717, 1.165) is 5.56 Å². The van der Waals surface area contributed by atoms with E-state index in [0.29, 0.717) is 5.02 Å². The molecule has 10 heteroatoms. The van der Waals surface area contributed by atoms with Crippen molar-refractivity contribution in [3.8, 4) is 11.5 Å². The first-order chi connectivity index (χ1) is 13.3.